The zero-order valence-electron chi connectivity index (χ0n) is 7.75. The summed E-state index contributed by atoms with van der Waals surface area (Å²) < 4.78 is 9.94. The summed E-state index contributed by atoms with van der Waals surface area (Å²) in [5, 5.41) is 0. The molecular formula is C9H14O4. The Bertz CT molecular complexity index is 200. The second-order valence-electron chi connectivity index (χ2n) is 3.08. The maximum Gasteiger partial charge on any atom is 0.306 e. The second-order valence-corrected chi connectivity index (χ2v) is 3.08. The lowest BCUT2D eigenvalue weighted by Gasteiger charge is -2.19. The molecule has 1 fully saturated rings. The Morgan fingerprint density at radius 3 is 2.69 bits per heavy atom. The predicted molar refractivity (Wildman–Crippen MR) is 45.0 cm³/mol. The fraction of sp³-hybridized carbons (Fsp3) is 0.778. The monoisotopic (exact) mass is 186 g/mol. The quantitative estimate of drug-likeness (QED) is 0.604. The lowest BCUT2D eigenvalue weighted by Crippen LogP contribution is -2.28. The van der Waals surface area contributed by atoms with Crippen molar-refractivity contribution in [3.05, 3.63) is 0 Å². The highest BCUT2D eigenvalue weighted by Crippen LogP contribution is 2.09. The molecule has 13 heavy (non-hydrogen) atoms. The van der Waals surface area contributed by atoms with Gasteiger partial charge < -0.3 is 9.47 Å². The summed E-state index contributed by atoms with van der Waals surface area (Å²) in [6.45, 7) is 2.20. The van der Waals surface area contributed by atoms with Crippen LogP contribution in [0.25, 0.3) is 0 Å². The average Bonchev–Trinajstić information content (AvgIpc) is 2.09. The molecule has 0 amide bonds. The largest absolute Gasteiger partial charge is 0.462 e. The van der Waals surface area contributed by atoms with Crippen LogP contribution in [0.2, 0.25) is 0 Å². The van der Waals surface area contributed by atoms with Crippen LogP contribution in [0.3, 0.4) is 0 Å². The molecule has 1 rings (SSSR count). The van der Waals surface area contributed by atoms with Gasteiger partial charge in [0, 0.05) is 0 Å². The highest BCUT2D eigenvalue weighted by molar-refractivity contribution is 5.78. The fourth-order valence-corrected chi connectivity index (χ4v) is 1.21. The van der Waals surface area contributed by atoms with Gasteiger partial charge in [0.25, 0.3) is 0 Å². The van der Waals surface area contributed by atoms with E-state index in [4.69, 9.17) is 9.47 Å². The van der Waals surface area contributed by atoms with Crippen LogP contribution in [0.5, 0.6) is 0 Å². The summed E-state index contributed by atoms with van der Waals surface area (Å²) in [5.41, 5.74) is 0. The molecular weight excluding hydrogens is 172 g/mol. The molecule has 4 nitrogen and oxygen atoms in total. The molecule has 4 heteroatoms. The first-order valence-electron chi connectivity index (χ1n) is 4.57. The summed E-state index contributed by atoms with van der Waals surface area (Å²) in [6, 6.07) is 0. The third-order valence-electron chi connectivity index (χ3n) is 1.87. The zero-order chi connectivity index (χ0) is 9.68. The Labute approximate surface area is 77.2 Å². The Morgan fingerprint density at radius 2 is 2.00 bits per heavy atom. The molecule has 1 saturated heterocycles. The van der Waals surface area contributed by atoms with E-state index in [1.54, 1.807) is 0 Å². The van der Waals surface area contributed by atoms with Crippen molar-refractivity contribution in [2.45, 2.75) is 38.7 Å². The van der Waals surface area contributed by atoms with E-state index < -0.39 is 0 Å². The molecule has 0 N–H and O–H groups in total. The van der Waals surface area contributed by atoms with E-state index in [9.17, 15) is 9.59 Å². The molecule has 1 unspecified atom stereocenters. The number of carbonyl (C=O) groups excluding carboxylic acids is 2. The minimum Gasteiger partial charge on any atom is -0.462 e. The van der Waals surface area contributed by atoms with E-state index in [-0.39, 0.29) is 37.5 Å². The first-order valence-corrected chi connectivity index (χ1v) is 4.57. The molecule has 0 aliphatic carbocycles. The van der Waals surface area contributed by atoms with Gasteiger partial charge in [-0.05, 0) is 6.42 Å². The molecule has 1 aliphatic rings. The number of ether oxygens (including phenoxy) is 2. The van der Waals surface area contributed by atoms with Crippen LogP contribution >= 0.6 is 0 Å². The van der Waals surface area contributed by atoms with Gasteiger partial charge in [0.1, 0.15) is 12.7 Å². The van der Waals surface area contributed by atoms with Gasteiger partial charge in [-0.2, -0.15) is 0 Å². The van der Waals surface area contributed by atoms with Crippen LogP contribution in [0.1, 0.15) is 32.6 Å². The number of hydrogen-bond donors (Lipinski definition) is 0. The Kier molecular flexibility index (Phi) is 3.73. The van der Waals surface area contributed by atoms with Crippen molar-refractivity contribution >= 4 is 11.9 Å². The SMILES string of the molecule is CCCC1COC(=O)CCC(=O)O1. The maximum absolute atomic E-state index is 11.0. The minimum atomic E-state index is -0.308. The van der Waals surface area contributed by atoms with Crippen LogP contribution in [0, 0.1) is 0 Å². The predicted octanol–water partition coefficient (Wildman–Crippen LogP) is 1.04. The molecule has 0 aromatic heterocycles. The van der Waals surface area contributed by atoms with Gasteiger partial charge in [-0.25, -0.2) is 0 Å². The number of carbonyl (C=O) groups is 2. The number of cyclic esters (lactones) is 2. The minimum absolute atomic E-state index is 0.137. The fourth-order valence-electron chi connectivity index (χ4n) is 1.21. The molecule has 0 spiro atoms. The molecule has 1 atom stereocenters. The average molecular weight is 186 g/mol. The van der Waals surface area contributed by atoms with Crippen molar-refractivity contribution in [2.24, 2.45) is 0 Å². The van der Waals surface area contributed by atoms with E-state index in [0.29, 0.717) is 0 Å². The normalized spacial score (nSPS) is 24.2. The first kappa shape index (κ1) is 10.0. The van der Waals surface area contributed by atoms with Crippen LogP contribution in [0.15, 0.2) is 0 Å². The zero-order valence-corrected chi connectivity index (χ0v) is 7.75. The molecule has 1 aliphatic heterocycles. The van der Waals surface area contributed by atoms with Gasteiger partial charge in [-0.3, -0.25) is 9.59 Å². The maximum atomic E-state index is 11.0. The van der Waals surface area contributed by atoms with Crippen molar-refractivity contribution in [3.63, 3.8) is 0 Å². The first-order chi connectivity index (χ1) is 6.22. The molecule has 0 aromatic carbocycles. The standard InChI is InChI=1S/C9H14O4/c1-2-3-7-6-12-8(10)4-5-9(11)13-7/h7H,2-6H2,1H3. The van der Waals surface area contributed by atoms with Crippen molar-refractivity contribution in [1.29, 1.82) is 0 Å². The van der Waals surface area contributed by atoms with Gasteiger partial charge in [0.2, 0.25) is 0 Å². The van der Waals surface area contributed by atoms with Crippen LogP contribution in [-0.4, -0.2) is 24.6 Å². The van der Waals surface area contributed by atoms with Gasteiger partial charge in [0.15, 0.2) is 0 Å². The summed E-state index contributed by atoms with van der Waals surface area (Å²) >= 11 is 0. The van der Waals surface area contributed by atoms with E-state index >= 15 is 0 Å². The number of esters is 2. The molecule has 0 bridgehead atoms. The van der Waals surface area contributed by atoms with Gasteiger partial charge in [-0.15, -0.1) is 0 Å². The highest BCUT2D eigenvalue weighted by atomic mass is 16.6. The van der Waals surface area contributed by atoms with Crippen LogP contribution in [0.4, 0.5) is 0 Å². The summed E-state index contributed by atoms with van der Waals surface area (Å²) in [4.78, 5) is 21.9. The van der Waals surface area contributed by atoms with Gasteiger partial charge in [-0.1, -0.05) is 13.3 Å². The van der Waals surface area contributed by atoms with Crippen LogP contribution < -0.4 is 0 Å². The summed E-state index contributed by atoms with van der Waals surface area (Å²) in [7, 11) is 0. The molecule has 74 valence electrons. The summed E-state index contributed by atoms with van der Waals surface area (Å²) in [5.74, 6) is -0.604. The van der Waals surface area contributed by atoms with Gasteiger partial charge in [0.05, 0.1) is 12.8 Å². The molecule has 0 aromatic rings. The molecule has 0 saturated carbocycles. The van der Waals surface area contributed by atoms with E-state index in [1.807, 2.05) is 6.92 Å². The van der Waals surface area contributed by atoms with Crippen molar-refractivity contribution in [1.82, 2.24) is 0 Å². The van der Waals surface area contributed by atoms with E-state index in [1.165, 1.54) is 0 Å². The number of hydrogen-bond acceptors (Lipinski definition) is 4. The van der Waals surface area contributed by atoms with Crippen LogP contribution in [-0.2, 0) is 19.1 Å². The Morgan fingerprint density at radius 1 is 1.31 bits per heavy atom. The highest BCUT2D eigenvalue weighted by Gasteiger charge is 2.20. The van der Waals surface area contributed by atoms with E-state index in [0.717, 1.165) is 12.8 Å². The van der Waals surface area contributed by atoms with E-state index in [2.05, 4.69) is 0 Å². The smallest absolute Gasteiger partial charge is 0.306 e. The Balaban J connectivity index is 2.45. The second kappa shape index (κ2) is 4.84. The molecule has 0 radical (unpaired) electrons. The topological polar surface area (TPSA) is 52.6 Å². The van der Waals surface area contributed by atoms with Crippen molar-refractivity contribution in [3.8, 4) is 0 Å². The lowest BCUT2D eigenvalue weighted by molar-refractivity contribution is -0.165. The number of rotatable bonds is 2. The lowest BCUT2D eigenvalue weighted by atomic mass is 10.2. The van der Waals surface area contributed by atoms with Crippen molar-refractivity contribution in [2.75, 3.05) is 6.61 Å². The third kappa shape index (κ3) is 3.44. The van der Waals surface area contributed by atoms with Crippen molar-refractivity contribution < 1.29 is 19.1 Å². The summed E-state index contributed by atoms with van der Waals surface area (Å²) in [6.07, 6.45) is 1.69. The third-order valence-corrected chi connectivity index (χ3v) is 1.87. The molecule has 1 heterocycles. The Hall–Kier alpha value is -1.06. The van der Waals surface area contributed by atoms with Gasteiger partial charge >= 0.3 is 11.9 Å².